The smallest absolute Gasteiger partial charge is 0.228 e. The molecule has 1 unspecified atom stereocenters. The van der Waals surface area contributed by atoms with Gasteiger partial charge in [-0.3, -0.25) is 4.79 Å². The molecule has 1 amide bonds. The van der Waals surface area contributed by atoms with Crippen molar-refractivity contribution in [3.05, 3.63) is 29.8 Å². The Morgan fingerprint density at radius 1 is 1.42 bits per heavy atom. The molecule has 1 aromatic carbocycles. The topological polar surface area (TPSA) is 44.4 Å². The van der Waals surface area contributed by atoms with Crippen LogP contribution in [0.2, 0.25) is 0 Å². The van der Waals surface area contributed by atoms with E-state index in [1.165, 1.54) is 0 Å². The van der Waals surface area contributed by atoms with Gasteiger partial charge in [-0.25, -0.2) is 0 Å². The van der Waals surface area contributed by atoms with Crippen LogP contribution in [0.25, 0.3) is 0 Å². The number of carbonyl (C=O) groups is 1. The lowest BCUT2D eigenvalue weighted by Crippen LogP contribution is -2.37. The van der Waals surface area contributed by atoms with Gasteiger partial charge in [0.25, 0.3) is 0 Å². The highest BCUT2D eigenvalue weighted by Gasteiger charge is 2.21. The second kappa shape index (κ2) is 6.68. The van der Waals surface area contributed by atoms with Crippen molar-refractivity contribution < 1.29 is 4.79 Å². The SMILES string of the molecule is CN(C)Cc1ccccc1NC(=O)C1CCCNC1. The first-order valence-corrected chi connectivity index (χ1v) is 6.91. The number of hydrogen-bond donors (Lipinski definition) is 2. The molecule has 1 aromatic rings. The monoisotopic (exact) mass is 261 g/mol. The summed E-state index contributed by atoms with van der Waals surface area (Å²) in [6.45, 7) is 2.65. The quantitative estimate of drug-likeness (QED) is 0.867. The molecule has 0 saturated carbocycles. The van der Waals surface area contributed by atoms with Crippen LogP contribution in [0.4, 0.5) is 5.69 Å². The average Bonchev–Trinajstić information content (AvgIpc) is 2.41. The molecule has 2 N–H and O–H groups in total. The number of benzene rings is 1. The number of piperidine rings is 1. The third kappa shape index (κ3) is 4.04. The van der Waals surface area contributed by atoms with Crippen molar-refractivity contribution in [2.24, 2.45) is 5.92 Å². The van der Waals surface area contributed by atoms with Crippen LogP contribution >= 0.6 is 0 Å². The van der Waals surface area contributed by atoms with Gasteiger partial charge >= 0.3 is 0 Å². The third-order valence-corrected chi connectivity index (χ3v) is 3.43. The first kappa shape index (κ1) is 14.0. The van der Waals surface area contributed by atoms with Crippen LogP contribution < -0.4 is 10.6 Å². The number of nitrogens with zero attached hydrogens (tertiary/aromatic N) is 1. The van der Waals surface area contributed by atoms with Gasteiger partial charge in [-0.2, -0.15) is 0 Å². The van der Waals surface area contributed by atoms with Gasteiger partial charge in [0, 0.05) is 18.8 Å². The molecule has 104 valence electrons. The Bertz CT molecular complexity index is 425. The zero-order valence-corrected chi connectivity index (χ0v) is 11.8. The predicted molar refractivity (Wildman–Crippen MR) is 78.1 cm³/mol. The molecule has 4 heteroatoms. The summed E-state index contributed by atoms with van der Waals surface area (Å²) in [6, 6.07) is 8.02. The lowest BCUT2D eigenvalue weighted by atomic mass is 9.98. The molecule has 0 bridgehead atoms. The molecule has 0 radical (unpaired) electrons. The van der Waals surface area contributed by atoms with Crippen LogP contribution in [0, 0.1) is 5.92 Å². The summed E-state index contributed by atoms with van der Waals surface area (Å²) in [7, 11) is 4.06. The van der Waals surface area contributed by atoms with Crippen molar-refractivity contribution in [3.63, 3.8) is 0 Å². The Balaban J connectivity index is 2.03. The maximum atomic E-state index is 12.2. The van der Waals surface area contributed by atoms with Crippen LogP contribution in [-0.2, 0) is 11.3 Å². The van der Waals surface area contributed by atoms with Crippen molar-refractivity contribution >= 4 is 11.6 Å². The zero-order valence-electron chi connectivity index (χ0n) is 11.8. The van der Waals surface area contributed by atoms with E-state index in [-0.39, 0.29) is 11.8 Å². The molecule has 1 saturated heterocycles. The lowest BCUT2D eigenvalue weighted by Gasteiger charge is -2.23. The minimum Gasteiger partial charge on any atom is -0.326 e. The van der Waals surface area contributed by atoms with E-state index in [4.69, 9.17) is 0 Å². The van der Waals surface area contributed by atoms with Crippen LogP contribution in [0.5, 0.6) is 0 Å². The molecule has 1 heterocycles. The minimum atomic E-state index is 0.0983. The molecule has 1 fully saturated rings. The van der Waals surface area contributed by atoms with Crippen LogP contribution in [-0.4, -0.2) is 38.0 Å². The molecular weight excluding hydrogens is 238 g/mol. The van der Waals surface area contributed by atoms with Crippen molar-refractivity contribution in [2.45, 2.75) is 19.4 Å². The third-order valence-electron chi connectivity index (χ3n) is 3.43. The van der Waals surface area contributed by atoms with Gasteiger partial charge < -0.3 is 15.5 Å². The molecule has 1 aliphatic heterocycles. The average molecular weight is 261 g/mol. The van der Waals surface area contributed by atoms with E-state index in [2.05, 4.69) is 21.6 Å². The lowest BCUT2D eigenvalue weighted by molar-refractivity contribution is -0.120. The molecule has 0 spiro atoms. The van der Waals surface area contributed by atoms with E-state index in [0.29, 0.717) is 0 Å². The fourth-order valence-electron chi connectivity index (χ4n) is 2.43. The molecule has 1 aliphatic rings. The van der Waals surface area contributed by atoms with Gasteiger partial charge in [0.15, 0.2) is 0 Å². The number of anilines is 1. The van der Waals surface area contributed by atoms with Gasteiger partial charge in [-0.05, 0) is 45.1 Å². The van der Waals surface area contributed by atoms with Gasteiger partial charge in [0.05, 0.1) is 5.92 Å². The van der Waals surface area contributed by atoms with Crippen molar-refractivity contribution in [3.8, 4) is 0 Å². The van der Waals surface area contributed by atoms with E-state index >= 15 is 0 Å². The van der Waals surface area contributed by atoms with E-state index in [1.807, 2.05) is 32.3 Å². The number of para-hydroxylation sites is 1. The molecule has 0 aromatic heterocycles. The number of carbonyl (C=O) groups excluding carboxylic acids is 1. The highest BCUT2D eigenvalue weighted by atomic mass is 16.1. The van der Waals surface area contributed by atoms with E-state index in [1.54, 1.807) is 0 Å². The van der Waals surface area contributed by atoms with Crippen LogP contribution in [0.1, 0.15) is 18.4 Å². The summed E-state index contributed by atoms with van der Waals surface area (Å²) >= 11 is 0. The Morgan fingerprint density at radius 2 is 2.21 bits per heavy atom. The largest absolute Gasteiger partial charge is 0.326 e. The Morgan fingerprint density at radius 3 is 2.89 bits per heavy atom. The highest BCUT2D eigenvalue weighted by molar-refractivity contribution is 5.93. The summed E-state index contributed by atoms with van der Waals surface area (Å²) in [5, 5.41) is 6.36. The van der Waals surface area contributed by atoms with Gasteiger partial charge in [0.1, 0.15) is 0 Å². The number of nitrogens with one attached hydrogen (secondary N) is 2. The fourth-order valence-corrected chi connectivity index (χ4v) is 2.43. The summed E-state index contributed by atoms with van der Waals surface area (Å²) in [5.74, 6) is 0.236. The summed E-state index contributed by atoms with van der Waals surface area (Å²) in [4.78, 5) is 14.3. The fraction of sp³-hybridized carbons (Fsp3) is 0.533. The van der Waals surface area contributed by atoms with Gasteiger partial charge in [-0.1, -0.05) is 18.2 Å². The van der Waals surface area contributed by atoms with Crippen LogP contribution in [0.15, 0.2) is 24.3 Å². The molecule has 1 atom stereocenters. The Kier molecular flexibility index (Phi) is 4.93. The van der Waals surface area contributed by atoms with E-state index < -0.39 is 0 Å². The van der Waals surface area contributed by atoms with Crippen molar-refractivity contribution in [1.29, 1.82) is 0 Å². The zero-order chi connectivity index (χ0) is 13.7. The summed E-state index contributed by atoms with van der Waals surface area (Å²) in [6.07, 6.45) is 2.06. The molecule has 19 heavy (non-hydrogen) atoms. The highest BCUT2D eigenvalue weighted by Crippen LogP contribution is 2.19. The van der Waals surface area contributed by atoms with Gasteiger partial charge in [0.2, 0.25) is 5.91 Å². The normalized spacial score (nSPS) is 19.4. The Labute approximate surface area is 115 Å². The molecule has 0 aliphatic carbocycles. The van der Waals surface area contributed by atoms with Crippen molar-refractivity contribution in [2.75, 3.05) is 32.5 Å². The first-order chi connectivity index (χ1) is 9.16. The molecule has 4 nitrogen and oxygen atoms in total. The summed E-state index contributed by atoms with van der Waals surface area (Å²) < 4.78 is 0. The van der Waals surface area contributed by atoms with E-state index in [9.17, 15) is 4.79 Å². The Hall–Kier alpha value is -1.39. The predicted octanol–water partition coefficient (Wildman–Crippen LogP) is 1.69. The minimum absolute atomic E-state index is 0.0983. The van der Waals surface area contributed by atoms with E-state index in [0.717, 1.165) is 43.7 Å². The maximum Gasteiger partial charge on any atom is 0.228 e. The van der Waals surface area contributed by atoms with Crippen molar-refractivity contribution in [1.82, 2.24) is 10.2 Å². The number of amides is 1. The second-order valence-corrected chi connectivity index (χ2v) is 5.43. The first-order valence-electron chi connectivity index (χ1n) is 6.91. The van der Waals surface area contributed by atoms with Crippen LogP contribution in [0.3, 0.4) is 0 Å². The second-order valence-electron chi connectivity index (χ2n) is 5.43. The molecular formula is C15H23N3O. The standard InChI is InChI=1S/C15H23N3O/c1-18(2)11-13-6-3-4-8-14(13)17-15(19)12-7-5-9-16-10-12/h3-4,6,8,12,16H,5,7,9-11H2,1-2H3,(H,17,19). The van der Waals surface area contributed by atoms with Gasteiger partial charge in [-0.15, -0.1) is 0 Å². The number of hydrogen-bond acceptors (Lipinski definition) is 3. The number of rotatable bonds is 4. The maximum absolute atomic E-state index is 12.2. The summed E-state index contributed by atoms with van der Waals surface area (Å²) in [5.41, 5.74) is 2.09. The molecule has 2 rings (SSSR count).